The maximum absolute atomic E-state index is 12.1. The molecule has 0 radical (unpaired) electrons. The van der Waals surface area contributed by atoms with Crippen molar-refractivity contribution in [1.82, 2.24) is 0 Å². The van der Waals surface area contributed by atoms with Crippen molar-refractivity contribution in [3.8, 4) is 0 Å². The van der Waals surface area contributed by atoms with Gasteiger partial charge in [0.15, 0.2) is 25.2 Å². The number of hydrogen-bond acceptors (Lipinski definition) is 18. The third kappa shape index (κ3) is 9.23. The molecule has 1 saturated carbocycles. The average molecular weight is 891 g/mol. The van der Waals surface area contributed by atoms with Crippen molar-refractivity contribution in [2.75, 3.05) is 0 Å². The van der Waals surface area contributed by atoms with E-state index in [4.69, 9.17) is 37.9 Å². The Morgan fingerprint density at radius 3 is 1.63 bits per heavy atom. The number of allylic oxidation sites excluding steroid dienone is 1. The lowest BCUT2D eigenvalue weighted by atomic mass is 9.45. The molecule has 6 rings (SSSR count). The first kappa shape index (κ1) is 50.2. The summed E-state index contributed by atoms with van der Waals surface area (Å²) in [5.41, 5.74) is -0.753. The Morgan fingerprint density at radius 2 is 1.11 bits per heavy atom. The summed E-state index contributed by atoms with van der Waals surface area (Å²) in [4.78, 5) is 0. The van der Waals surface area contributed by atoms with Gasteiger partial charge in [-0.15, -0.1) is 6.58 Å². The first-order valence-corrected chi connectivity index (χ1v) is 22.3. The molecule has 62 heavy (non-hydrogen) atoms. The van der Waals surface area contributed by atoms with E-state index in [0.29, 0.717) is 19.3 Å². The van der Waals surface area contributed by atoms with Crippen molar-refractivity contribution in [2.24, 2.45) is 22.7 Å². The quantitative estimate of drug-likeness (QED) is 0.114. The second-order valence-corrected chi connectivity index (χ2v) is 19.6. The summed E-state index contributed by atoms with van der Waals surface area (Å²) < 4.78 is 49.5. The Labute approximate surface area is 364 Å². The number of aliphatic hydroxyl groups excluding tert-OH is 10. The molecule has 6 aliphatic rings. The number of ether oxygens (including phenoxy) is 8. The summed E-state index contributed by atoms with van der Waals surface area (Å²) in [6.07, 6.45) is -20.3. The van der Waals surface area contributed by atoms with Crippen molar-refractivity contribution in [2.45, 2.75) is 229 Å². The van der Waals surface area contributed by atoms with Crippen LogP contribution in [0.25, 0.3) is 0 Å². The molecule has 0 aromatic rings. The van der Waals surface area contributed by atoms with Crippen LogP contribution in [0.15, 0.2) is 24.3 Å². The van der Waals surface area contributed by atoms with Crippen LogP contribution in [0.4, 0.5) is 0 Å². The van der Waals surface area contributed by atoms with Crippen molar-refractivity contribution >= 4 is 0 Å². The van der Waals surface area contributed by atoms with Crippen LogP contribution in [0.2, 0.25) is 0 Å². The van der Waals surface area contributed by atoms with Crippen LogP contribution in [0.5, 0.6) is 0 Å². The number of fused-ring (bicyclic) bond motifs is 1. The molecule has 0 unspecified atom stereocenters. The van der Waals surface area contributed by atoms with Crippen molar-refractivity contribution in [1.29, 1.82) is 0 Å². The molecule has 4 saturated heterocycles. The Balaban J connectivity index is 1.26. The molecule has 0 aromatic heterocycles. The fraction of sp³-hybridized carbons (Fsp3) is 0.909. The van der Waals surface area contributed by atoms with Gasteiger partial charge in [-0.3, -0.25) is 0 Å². The zero-order valence-corrected chi connectivity index (χ0v) is 37.4. The van der Waals surface area contributed by atoms with E-state index in [1.807, 2.05) is 6.92 Å². The minimum atomic E-state index is -1.73. The van der Waals surface area contributed by atoms with Gasteiger partial charge in [0.05, 0.1) is 36.1 Å². The highest BCUT2D eigenvalue weighted by Crippen LogP contribution is 2.63. The maximum atomic E-state index is 12.1. The van der Waals surface area contributed by atoms with E-state index in [-0.39, 0.29) is 17.3 Å². The van der Waals surface area contributed by atoms with E-state index < -0.39 is 140 Å². The Kier molecular flexibility index (Phi) is 15.5. The minimum absolute atomic E-state index is 0.0372. The van der Waals surface area contributed by atoms with Crippen molar-refractivity contribution < 1.29 is 89.0 Å². The second-order valence-electron chi connectivity index (χ2n) is 19.6. The molecule has 4 heterocycles. The van der Waals surface area contributed by atoms with Gasteiger partial charge in [-0.2, -0.15) is 0 Å². The Hall–Kier alpha value is -1.24. The molecule has 18 nitrogen and oxygen atoms in total. The van der Waals surface area contributed by atoms with Gasteiger partial charge in [0.1, 0.15) is 73.2 Å². The first-order valence-electron chi connectivity index (χ1n) is 22.3. The third-order valence-electron chi connectivity index (χ3n) is 15.7. The molecule has 26 atom stereocenters. The van der Waals surface area contributed by atoms with Gasteiger partial charge in [-0.25, -0.2) is 0 Å². The molecule has 0 aromatic carbocycles. The highest BCUT2D eigenvalue weighted by Gasteiger charge is 2.61. The van der Waals surface area contributed by atoms with Crippen LogP contribution in [0, 0.1) is 22.7 Å². The van der Waals surface area contributed by atoms with Crippen molar-refractivity contribution in [3.63, 3.8) is 0 Å². The third-order valence-corrected chi connectivity index (χ3v) is 15.7. The highest BCUT2D eigenvalue weighted by molar-refractivity contribution is 5.24. The first-order chi connectivity index (χ1) is 28.9. The number of aliphatic hydroxyl groups is 10. The molecular formula is C44H74O18. The fourth-order valence-electron chi connectivity index (χ4n) is 10.8. The van der Waals surface area contributed by atoms with Gasteiger partial charge in [-0.1, -0.05) is 38.5 Å². The maximum Gasteiger partial charge on any atom is 0.187 e. The largest absolute Gasteiger partial charge is 0.388 e. The highest BCUT2D eigenvalue weighted by atomic mass is 16.8. The molecule has 5 fully saturated rings. The average Bonchev–Trinajstić information content (AvgIpc) is 3.23. The van der Waals surface area contributed by atoms with Crippen LogP contribution in [-0.2, 0) is 37.9 Å². The topological polar surface area (TPSA) is 276 Å². The minimum Gasteiger partial charge on any atom is -0.388 e. The SMILES string of the molecule is C=C[C@](C)(CC[C@]1(C)[C@@H](C)C[C@H](O[C@@H]2O[C@@H](C)[C@H](O[C@@H]3O[C@H](C)[C@H](O)[C@H](O)[C@H]3O)[C@@H](O)[C@H]2O[C@@H]2O[C@H](C)[C@@H](O)[C@H](O)[C@H]2O)[C@]2(C)C(C)=CCC[C@@H]12)O[C@@H]1O[C@H](C)[C@H](O)[C@H](O)[C@H]1O. The lowest BCUT2D eigenvalue weighted by molar-refractivity contribution is -0.390. The summed E-state index contributed by atoms with van der Waals surface area (Å²) >= 11 is 0. The normalized spacial score (nSPS) is 53.6. The predicted octanol–water partition coefficient (Wildman–Crippen LogP) is -0.120. The van der Waals surface area contributed by atoms with E-state index in [0.717, 1.165) is 18.4 Å². The predicted molar refractivity (Wildman–Crippen MR) is 217 cm³/mol. The van der Waals surface area contributed by atoms with E-state index in [1.165, 1.54) is 13.8 Å². The Bertz CT molecular complexity index is 1550. The van der Waals surface area contributed by atoms with Gasteiger partial charge in [-0.05, 0) is 90.9 Å². The lowest BCUT2D eigenvalue weighted by Crippen LogP contribution is -2.66. The van der Waals surface area contributed by atoms with E-state index >= 15 is 0 Å². The van der Waals surface area contributed by atoms with Crippen LogP contribution in [0.3, 0.4) is 0 Å². The Morgan fingerprint density at radius 1 is 0.645 bits per heavy atom. The van der Waals surface area contributed by atoms with Crippen LogP contribution < -0.4 is 0 Å². The van der Waals surface area contributed by atoms with Crippen LogP contribution >= 0.6 is 0 Å². The van der Waals surface area contributed by atoms with E-state index in [2.05, 4.69) is 40.3 Å². The molecular weight excluding hydrogens is 816 g/mol. The lowest BCUT2D eigenvalue weighted by Gasteiger charge is -2.62. The van der Waals surface area contributed by atoms with E-state index in [9.17, 15) is 51.1 Å². The smallest absolute Gasteiger partial charge is 0.187 e. The van der Waals surface area contributed by atoms with Crippen molar-refractivity contribution in [3.05, 3.63) is 24.3 Å². The standard InChI is InChI=1S/C44H74O18/c1-11-42(8,62-40-34(53)31(50)28(47)22(6)57-40)15-16-43(9)19(3)17-25(44(10)18(2)13-12-14-24(43)44)59-41-37(61-39-33(52)30(49)27(46)21(5)56-39)35(54)36(23(7)58-41)60-38-32(51)29(48)26(45)20(4)55-38/h11,13,19-41,45-54H,1,12,14-17H2,2-10H3/t19-,20+,21+,22+,23-,24-,25-,26-,27+,28-,29-,30-,31-,32+,33+,34+,35+,36-,37+,38-,39-,40-,41-,42+,43+,44+/m0/s1. The molecule has 10 N–H and O–H groups in total. The fourth-order valence-corrected chi connectivity index (χ4v) is 10.8. The van der Waals surface area contributed by atoms with Crippen LogP contribution in [0.1, 0.15) is 94.4 Å². The number of hydrogen-bond donors (Lipinski definition) is 10. The summed E-state index contributed by atoms with van der Waals surface area (Å²) in [6, 6.07) is 0. The molecule has 0 bridgehead atoms. The molecule has 2 aliphatic carbocycles. The molecule has 4 aliphatic heterocycles. The van der Waals surface area contributed by atoms with Gasteiger partial charge in [0.25, 0.3) is 0 Å². The molecule has 0 amide bonds. The van der Waals surface area contributed by atoms with Crippen LogP contribution in [-0.4, -0.2) is 186 Å². The zero-order valence-electron chi connectivity index (χ0n) is 37.4. The van der Waals surface area contributed by atoms with Gasteiger partial charge < -0.3 is 89.0 Å². The molecule has 18 heteroatoms. The molecule has 358 valence electrons. The van der Waals surface area contributed by atoms with Gasteiger partial charge in [0, 0.05) is 5.41 Å². The number of rotatable bonds is 12. The zero-order chi connectivity index (χ0) is 46.0. The summed E-state index contributed by atoms with van der Waals surface area (Å²) in [7, 11) is 0. The summed E-state index contributed by atoms with van der Waals surface area (Å²) in [5.74, 6) is 0.0857. The van der Waals surface area contributed by atoms with E-state index in [1.54, 1.807) is 19.9 Å². The summed E-state index contributed by atoms with van der Waals surface area (Å²) in [5, 5.41) is 107. The second kappa shape index (κ2) is 19.2. The van der Waals surface area contributed by atoms with Gasteiger partial charge in [0.2, 0.25) is 0 Å². The molecule has 0 spiro atoms. The summed E-state index contributed by atoms with van der Waals surface area (Å²) in [6.45, 7) is 20.8. The monoisotopic (exact) mass is 890 g/mol. The van der Waals surface area contributed by atoms with Gasteiger partial charge >= 0.3 is 0 Å².